The van der Waals surface area contributed by atoms with Crippen LogP contribution in [0, 0.1) is 0 Å². The molecule has 7 heteroatoms. The van der Waals surface area contributed by atoms with Gasteiger partial charge in [0.25, 0.3) is 5.91 Å². The molecule has 1 unspecified atom stereocenters. The van der Waals surface area contributed by atoms with E-state index in [2.05, 4.69) is 0 Å². The second-order valence-corrected chi connectivity index (χ2v) is 5.85. The molecule has 1 heterocycles. The van der Waals surface area contributed by atoms with Crippen molar-refractivity contribution in [2.45, 2.75) is 38.1 Å². The summed E-state index contributed by atoms with van der Waals surface area (Å²) in [6.45, 7) is 0.520. The number of primary amides is 1. The molecule has 3 N–H and O–H groups in total. The van der Waals surface area contributed by atoms with Crippen LogP contribution in [0.5, 0.6) is 5.75 Å². The fourth-order valence-corrected chi connectivity index (χ4v) is 2.86. The van der Waals surface area contributed by atoms with Gasteiger partial charge in [-0.25, -0.2) is 0 Å². The molecular weight excluding hydrogens is 312 g/mol. The Labute approximate surface area is 140 Å². The van der Waals surface area contributed by atoms with Gasteiger partial charge in [0.05, 0.1) is 0 Å². The summed E-state index contributed by atoms with van der Waals surface area (Å²) in [5.41, 5.74) is 5.54. The standard InChI is InChI=1S/C17H22N2O5/c18-17(23)12-4-7-14(8-5-12)24-11-15(20)19-10-2-1-3-13(19)6-9-16(21)22/h4-5,7-8,13H,1-3,6,9-11H2,(H2,18,23)(H,21,22). The predicted octanol–water partition coefficient (Wildman–Crippen LogP) is 1.41. The van der Waals surface area contributed by atoms with Gasteiger partial charge in [-0.1, -0.05) is 0 Å². The van der Waals surface area contributed by atoms with Crippen molar-refractivity contribution in [3.8, 4) is 5.75 Å². The average molecular weight is 334 g/mol. The molecular formula is C17H22N2O5. The highest BCUT2D eigenvalue weighted by Crippen LogP contribution is 2.21. The lowest BCUT2D eigenvalue weighted by Gasteiger charge is -2.35. The minimum atomic E-state index is -0.848. The summed E-state index contributed by atoms with van der Waals surface area (Å²) in [5.74, 6) is -1.04. The molecule has 0 radical (unpaired) electrons. The number of hydrogen-bond donors (Lipinski definition) is 2. The largest absolute Gasteiger partial charge is 0.484 e. The van der Waals surface area contributed by atoms with Gasteiger partial charge in [-0.05, 0) is 49.9 Å². The molecule has 2 amide bonds. The second kappa shape index (κ2) is 8.33. The van der Waals surface area contributed by atoms with Crippen LogP contribution in [0.4, 0.5) is 0 Å². The van der Waals surface area contributed by atoms with E-state index in [1.807, 2.05) is 0 Å². The maximum Gasteiger partial charge on any atom is 0.303 e. The molecule has 0 aliphatic carbocycles. The lowest BCUT2D eigenvalue weighted by molar-refractivity contribution is -0.141. The van der Waals surface area contributed by atoms with Crippen molar-refractivity contribution in [2.24, 2.45) is 5.73 Å². The number of amides is 2. The monoisotopic (exact) mass is 334 g/mol. The molecule has 1 aliphatic rings. The van der Waals surface area contributed by atoms with Crippen LogP contribution in [0.15, 0.2) is 24.3 Å². The van der Waals surface area contributed by atoms with Crippen LogP contribution >= 0.6 is 0 Å². The van der Waals surface area contributed by atoms with E-state index in [0.717, 1.165) is 19.3 Å². The highest BCUT2D eigenvalue weighted by molar-refractivity contribution is 5.92. The number of nitrogens with zero attached hydrogens (tertiary/aromatic N) is 1. The van der Waals surface area contributed by atoms with Crippen molar-refractivity contribution in [1.82, 2.24) is 4.90 Å². The lowest BCUT2D eigenvalue weighted by atomic mass is 9.98. The van der Waals surface area contributed by atoms with E-state index in [1.54, 1.807) is 29.2 Å². The first-order chi connectivity index (χ1) is 11.5. The first-order valence-electron chi connectivity index (χ1n) is 8.01. The number of benzene rings is 1. The van der Waals surface area contributed by atoms with Crippen LogP contribution in [0.1, 0.15) is 42.5 Å². The van der Waals surface area contributed by atoms with Crippen LogP contribution in [0.2, 0.25) is 0 Å². The van der Waals surface area contributed by atoms with Gasteiger partial charge in [-0.2, -0.15) is 0 Å². The molecule has 24 heavy (non-hydrogen) atoms. The van der Waals surface area contributed by atoms with E-state index in [0.29, 0.717) is 24.3 Å². The van der Waals surface area contributed by atoms with Crippen molar-refractivity contribution in [2.75, 3.05) is 13.2 Å². The third-order valence-corrected chi connectivity index (χ3v) is 4.14. The highest BCUT2D eigenvalue weighted by atomic mass is 16.5. The summed E-state index contributed by atoms with van der Waals surface area (Å²) in [7, 11) is 0. The Kier molecular flexibility index (Phi) is 6.17. The van der Waals surface area contributed by atoms with Crippen LogP contribution in [0.3, 0.4) is 0 Å². The summed E-state index contributed by atoms with van der Waals surface area (Å²) in [5, 5.41) is 8.82. The highest BCUT2D eigenvalue weighted by Gasteiger charge is 2.27. The molecule has 0 saturated carbocycles. The SMILES string of the molecule is NC(=O)c1ccc(OCC(=O)N2CCCCC2CCC(=O)O)cc1. The van der Waals surface area contributed by atoms with E-state index in [1.165, 1.54) is 0 Å². The number of carboxylic acids is 1. The summed E-state index contributed by atoms with van der Waals surface area (Å²) >= 11 is 0. The number of aliphatic carboxylic acids is 1. The number of hydrogen-bond acceptors (Lipinski definition) is 4. The Hall–Kier alpha value is -2.57. The third kappa shape index (κ3) is 4.97. The van der Waals surface area contributed by atoms with Gasteiger partial charge in [-0.3, -0.25) is 14.4 Å². The van der Waals surface area contributed by atoms with E-state index < -0.39 is 11.9 Å². The molecule has 1 atom stereocenters. The van der Waals surface area contributed by atoms with Crippen molar-refractivity contribution in [3.05, 3.63) is 29.8 Å². The summed E-state index contributed by atoms with van der Waals surface area (Å²) < 4.78 is 5.47. The van der Waals surface area contributed by atoms with Crippen molar-refractivity contribution >= 4 is 17.8 Å². The second-order valence-electron chi connectivity index (χ2n) is 5.85. The van der Waals surface area contributed by atoms with Gasteiger partial charge >= 0.3 is 5.97 Å². The van der Waals surface area contributed by atoms with Gasteiger partial charge in [0.2, 0.25) is 5.91 Å². The Balaban J connectivity index is 1.89. The summed E-state index contributed by atoms with van der Waals surface area (Å²) in [6, 6.07) is 6.22. The van der Waals surface area contributed by atoms with E-state index in [4.69, 9.17) is 15.6 Å². The summed E-state index contributed by atoms with van der Waals surface area (Å²) in [6.07, 6.45) is 3.27. The fraction of sp³-hybridized carbons (Fsp3) is 0.471. The summed E-state index contributed by atoms with van der Waals surface area (Å²) in [4.78, 5) is 35.9. The number of nitrogens with two attached hydrogens (primary N) is 1. The molecule has 1 aromatic carbocycles. The molecule has 1 aliphatic heterocycles. The first-order valence-corrected chi connectivity index (χ1v) is 8.01. The van der Waals surface area contributed by atoms with Crippen molar-refractivity contribution < 1.29 is 24.2 Å². The van der Waals surface area contributed by atoms with Crippen LogP contribution in [-0.4, -0.2) is 47.0 Å². The number of carboxylic acid groups (broad SMARTS) is 1. The maximum absolute atomic E-state index is 12.4. The van der Waals surface area contributed by atoms with Crippen LogP contribution in [0.25, 0.3) is 0 Å². The predicted molar refractivity (Wildman–Crippen MR) is 86.7 cm³/mol. The van der Waals surface area contributed by atoms with E-state index in [-0.39, 0.29) is 25.0 Å². The topological polar surface area (TPSA) is 110 Å². The molecule has 0 spiro atoms. The molecule has 7 nitrogen and oxygen atoms in total. The minimum Gasteiger partial charge on any atom is -0.484 e. The zero-order chi connectivity index (χ0) is 17.5. The van der Waals surface area contributed by atoms with Crippen LogP contribution in [-0.2, 0) is 9.59 Å². The molecule has 1 saturated heterocycles. The minimum absolute atomic E-state index is 0.0387. The van der Waals surface area contributed by atoms with E-state index >= 15 is 0 Å². The maximum atomic E-state index is 12.4. The fourth-order valence-electron chi connectivity index (χ4n) is 2.86. The van der Waals surface area contributed by atoms with Gasteiger partial charge in [0.15, 0.2) is 6.61 Å². The average Bonchev–Trinajstić information content (AvgIpc) is 2.58. The Morgan fingerprint density at radius 1 is 1.21 bits per heavy atom. The quantitative estimate of drug-likeness (QED) is 0.783. The third-order valence-electron chi connectivity index (χ3n) is 4.14. The number of carbonyl (C=O) groups excluding carboxylic acids is 2. The number of ether oxygens (including phenoxy) is 1. The molecule has 0 bridgehead atoms. The van der Waals surface area contributed by atoms with Gasteiger partial charge in [0, 0.05) is 24.6 Å². The van der Waals surface area contributed by atoms with Crippen molar-refractivity contribution in [1.29, 1.82) is 0 Å². The molecule has 1 fully saturated rings. The number of piperidine rings is 1. The number of carbonyl (C=O) groups is 3. The van der Waals surface area contributed by atoms with Gasteiger partial charge < -0.3 is 20.5 Å². The lowest BCUT2D eigenvalue weighted by Crippen LogP contribution is -2.46. The van der Waals surface area contributed by atoms with Gasteiger partial charge in [-0.15, -0.1) is 0 Å². The zero-order valence-electron chi connectivity index (χ0n) is 13.4. The molecule has 2 rings (SSSR count). The number of likely N-dealkylation sites (tertiary alicyclic amines) is 1. The Bertz CT molecular complexity index is 600. The van der Waals surface area contributed by atoms with Crippen LogP contribution < -0.4 is 10.5 Å². The number of rotatable bonds is 7. The Morgan fingerprint density at radius 3 is 2.54 bits per heavy atom. The smallest absolute Gasteiger partial charge is 0.303 e. The van der Waals surface area contributed by atoms with Crippen molar-refractivity contribution in [3.63, 3.8) is 0 Å². The first kappa shape index (κ1) is 17.8. The normalized spacial score (nSPS) is 17.3. The molecule has 0 aromatic heterocycles. The van der Waals surface area contributed by atoms with Gasteiger partial charge in [0.1, 0.15) is 5.75 Å². The Morgan fingerprint density at radius 2 is 1.92 bits per heavy atom. The molecule has 1 aromatic rings. The zero-order valence-corrected chi connectivity index (χ0v) is 13.4. The molecule has 130 valence electrons. The van der Waals surface area contributed by atoms with E-state index in [9.17, 15) is 14.4 Å².